The summed E-state index contributed by atoms with van der Waals surface area (Å²) in [7, 11) is -0.122. The number of ether oxygens (including phenoxy) is 3. The highest BCUT2D eigenvalue weighted by atomic mass is 32.2. The van der Waals surface area contributed by atoms with Crippen molar-refractivity contribution in [3.8, 4) is 11.5 Å². The number of methoxy groups -OCH3 is 1. The molecule has 2 aromatic carbocycles. The zero-order valence-electron chi connectivity index (χ0n) is 27.3. The molecular weight excluding hydrogens is 627 g/mol. The van der Waals surface area contributed by atoms with Crippen LogP contribution >= 0.6 is 11.3 Å². The normalized spacial score (nSPS) is 20.8. The average molecular weight is 674 g/mol. The number of nitrogens with zero attached hydrogens (tertiary/aromatic N) is 2. The number of carbonyl (C=O) groups excluding carboxylic acids is 1. The largest absolute Gasteiger partial charge is 0.497 e. The molecule has 0 radical (unpaired) electrons. The number of benzene rings is 2. The summed E-state index contributed by atoms with van der Waals surface area (Å²) in [6.07, 6.45) is 2.16. The first-order chi connectivity index (χ1) is 22.0. The number of anilines is 1. The zero-order valence-corrected chi connectivity index (χ0v) is 29.0. The summed E-state index contributed by atoms with van der Waals surface area (Å²) in [5.74, 6) is 0.757. The molecule has 0 aliphatic carbocycles. The number of likely N-dealkylation sites (N-methyl/N-ethyl adjacent to an activating group) is 1. The third kappa shape index (κ3) is 9.68. The molecule has 0 saturated heterocycles. The molecule has 46 heavy (non-hydrogen) atoms. The molecule has 10 nitrogen and oxygen atoms in total. The molecule has 12 heteroatoms. The van der Waals surface area contributed by atoms with Crippen molar-refractivity contribution in [2.45, 2.75) is 69.0 Å². The number of hydrogen-bond acceptors (Lipinski definition) is 9. The Kier molecular flexibility index (Phi) is 12.9. The molecule has 0 unspecified atom stereocenters. The van der Waals surface area contributed by atoms with E-state index in [1.54, 1.807) is 42.5 Å². The van der Waals surface area contributed by atoms with Gasteiger partial charge in [0.2, 0.25) is 0 Å². The van der Waals surface area contributed by atoms with Crippen LogP contribution in [0.4, 0.5) is 5.69 Å². The van der Waals surface area contributed by atoms with E-state index in [1.807, 2.05) is 31.2 Å². The second-order valence-electron chi connectivity index (χ2n) is 12.1. The molecule has 4 rings (SSSR count). The maximum Gasteiger partial charge on any atom is 0.271 e. The summed E-state index contributed by atoms with van der Waals surface area (Å²) in [6.45, 7) is 7.86. The highest BCUT2D eigenvalue weighted by molar-refractivity contribution is 7.94. The maximum absolute atomic E-state index is 14.3. The smallest absolute Gasteiger partial charge is 0.271 e. The Morgan fingerprint density at radius 3 is 2.59 bits per heavy atom. The van der Waals surface area contributed by atoms with E-state index >= 15 is 0 Å². The Hall–Kier alpha value is -3.16. The van der Waals surface area contributed by atoms with Gasteiger partial charge in [0.05, 0.1) is 37.5 Å². The van der Waals surface area contributed by atoms with Crippen LogP contribution in [0.2, 0.25) is 0 Å². The molecule has 4 atom stereocenters. The molecular formula is C34H47N3O7S2. The van der Waals surface area contributed by atoms with Gasteiger partial charge in [0.1, 0.15) is 15.7 Å². The summed E-state index contributed by atoms with van der Waals surface area (Å²) in [6, 6.07) is 15.5. The molecule has 1 amide bonds. The van der Waals surface area contributed by atoms with Crippen molar-refractivity contribution in [3.63, 3.8) is 0 Å². The van der Waals surface area contributed by atoms with E-state index in [2.05, 4.69) is 23.6 Å². The minimum Gasteiger partial charge on any atom is -0.497 e. The number of hydrogen-bond donors (Lipinski definition) is 2. The fourth-order valence-corrected chi connectivity index (χ4v) is 7.53. The molecule has 2 N–H and O–H groups in total. The van der Waals surface area contributed by atoms with E-state index in [-0.39, 0.29) is 46.1 Å². The number of carbonyl (C=O) groups is 1. The second kappa shape index (κ2) is 16.6. The number of nitrogens with one attached hydrogen (secondary N) is 1. The van der Waals surface area contributed by atoms with Gasteiger partial charge in [-0.3, -0.25) is 14.4 Å². The van der Waals surface area contributed by atoms with Gasteiger partial charge in [-0.25, -0.2) is 8.42 Å². The van der Waals surface area contributed by atoms with Crippen LogP contribution in [0.1, 0.15) is 56.0 Å². The highest BCUT2D eigenvalue weighted by Gasteiger charge is 2.31. The lowest BCUT2D eigenvalue weighted by atomic mass is 10.0. The van der Waals surface area contributed by atoms with Gasteiger partial charge in [-0.2, -0.15) is 0 Å². The minimum absolute atomic E-state index is 0.0805. The Balaban J connectivity index is 1.61. The third-order valence-electron chi connectivity index (χ3n) is 8.17. The molecule has 1 aliphatic heterocycles. The second-order valence-corrected chi connectivity index (χ2v) is 15.0. The van der Waals surface area contributed by atoms with Crippen LogP contribution in [0, 0.1) is 5.92 Å². The van der Waals surface area contributed by atoms with Crippen molar-refractivity contribution in [2.24, 2.45) is 5.92 Å². The predicted molar refractivity (Wildman–Crippen MR) is 181 cm³/mol. The SMILES string of the molecule is COc1ccc(CN(C)C[C@@H]2OCCCC[C@H](C)Oc3ccc(NS(=O)(=O)c4cccs4)cc3C(=O)N([C@H](C)CO)C[C@@H]2C)cc1. The molecule has 3 aromatic rings. The van der Waals surface area contributed by atoms with E-state index in [0.717, 1.165) is 48.5 Å². The summed E-state index contributed by atoms with van der Waals surface area (Å²) >= 11 is 1.11. The van der Waals surface area contributed by atoms with Gasteiger partial charge in [-0.05, 0) is 87.5 Å². The molecule has 0 bridgehead atoms. The van der Waals surface area contributed by atoms with Crippen LogP contribution in [0.5, 0.6) is 11.5 Å². The van der Waals surface area contributed by atoms with Gasteiger partial charge in [0, 0.05) is 37.8 Å². The van der Waals surface area contributed by atoms with Gasteiger partial charge in [-0.1, -0.05) is 25.1 Å². The summed E-state index contributed by atoms with van der Waals surface area (Å²) < 4.78 is 46.8. The van der Waals surface area contributed by atoms with Gasteiger partial charge in [-0.15, -0.1) is 11.3 Å². The molecule has 1 aliphatic rings. The van der Waals surface area contributed by atoms with Crippen LogP contribution in [0.3, 0.4) is 0 Å². The van der Waals surface area contributed by atoms with Crippen molar-refractivity contribution >= 4 is 33.0 Å². The van der Waals surface area contributed by atoms with Crippen molar-refractivity contribution < 1.29 is 32.5 Å². The predicted octanol–water partition coefficient (Wildman–Crippen LogP) is 5.49. The third-order valence-corrected chi connectivity index (χ3v) is 10.9. The van der Waals surface area contributed by atoms with Crippen LogP contribution in [0.25, 0.3) is 0 Å². The van der Waals surface area contributed by atoms with E-state index in [4.69, 9.17) is 14.2 Å². The Labute approximate surface area is 277 Å². The van der Waals surface area contributed by atoms with E-state index < -0.39 is 16.1 Å². The van der Waals surface area contributed by atoms with Crippen molar-refractivity contribution in [2.75, 3.05) is 45.2 Å². The molecule has 2 heterocycles. The maximum atomic E-state index is 14.3. The van der Waals surface area contributed by atoms with Gasteiger partial charge >= 0.3 is 0 Å². The number of sulfonamides is 1. The molecule has 0 fully saturated rings. The lowest BCUT2D eigenvalue weighted by molar-refractivity contribution is -0.0177. The fourth-order valence-electron chi connectivity index (χ4n) is 5.48. The summed E-state index contributed by atoms with van der Waals surface area (Å²) in [5, 5.41) is 11.9. The van der Waals surface area contributed by atoms with Crippen LogP contribution in [0.15, 0.2) is 64.2 Å². The standard InChI is InChI=1S/C34H47N3O7S2/c1-24-20-37(25(2)23-38)34(39)30-19-28(35-46(40,41)33-10-8-18-45-33)13-16-31(30)44-26(3)9-6-7-17-43-32(24)22-36(4)21-27-11-14-29(42-5)15-12-27/h8,10-16,18-19,24-26,32,35,38H,6-7,9,17,20-23H2,1-5H3/t24-,25+,26-,32-/m0/s1. The first-order valence-electron chi connectivity index (χ1n) is 15.7. The monoisotopic (exact) mass is 673 g/mol. The Bertz CT molecular complexity index is 1500. The Morgan fingerprint density at radius 2 is 1.91 bits per heavy atom. The zero-order chi connectivity index (χ0) is 33.3. The van der Waals surface area contributed by atoms with Crippen LogP contribution in [-0.4, -0.2) is 87.9 Å². The lowest BCUT2D eigenvalue weighted by Crippen LogP contribution is -2.47. The first kappa shape index (κ1) is 35.7. The molecule has 0 saturated carbocycles. The topological polar surface area (TPSA) is 118 Å². The fraction of sp³-hybridized carbons (Fsp3) is 0.500. The number of aliphatic hydroxyl groups excluding tert-OH is 1. The number of rotatable bonds is 10. The molecule has 1 aromatic heterocycles. The number of fused-ring (bicyclic) bond motifs is 1. The quantitative estimate of drug-likeness (QED) is 0.291. The lowest BCUT2D eigenvalue weighted by Gasteiger charge is -2.36. The number of thiophene rings is 1. The molecule has 0 spiro atoms. The number of aliphatic hydroxyl groups is 1. The van der Waals surface area contributed by atoms with E-state index in [1.165, 1.54) is 12.1 Å². The summed E-state index contributed by atoms with van der Waals surface area (Å²) in [4.78, 5) is 18.2. The highest BCUT2D eigenvalue weighted by Crippen LogP contribution is 2.30. The van der Waals surface area contributed by atoms with Gasteiger partial charge in [0.15, 0.2) is 0 Å². The minimum atomic E-state index is -3.83. The summed E-state index contributed by atoms with van der Waals surface area (Å²) in [5.41, 5.74) is 1.64. The van der Waals surface area contributed by atoms with Crippen LogP contribution < -0.4 is 14.2 Å². The Morgan fingerprint density at radius 1 is 1.15 bits per heavy atom. The first-order valence-corrected chi connectivity index (χ1v) is 18.1. The average Bonchev–Trinajstić information content (AvgIpc) is 3.59. The van der Waals surface area contributed by atoms with Gasteiger partial charge in [0.25, 0.3) is 15.9 Å². The van der Waals surface area contributed by atoms with E-state index in [9.17, 15) is 18.3 Å². The van der Waals surface area contributed by atoms with Crippen molar-refractivity contribution in [1.29, 1.82) is 0 Å². The van der Waals surface area contributed by atoms with Crippen molar-refractivity contribution in [3.05, 3.63) is 71.1 Å². The molecule has 252 valence electrons. The van der Waals surface area contributed by atoms with Gasteiger partial charge < -0.3 is 24.2 Å². The van der Waals surface area contributed by atoms with Crippen LogP contribution in [-0.2, 0) is 21.3 Å². The van der Waals surface area contributed by atoms with Crippen molar-refractivity contribution in [1.82, 2.24) is 9.80 Å². The van der Waals surface area contributed by atoms with E-state index in [0.29, 0.717) is 25.4 Å². The number of amides is 1.